The second-order valence-corrected chi connectivity index (χ2v) is 7.07. The van der Waals surface area contributed by atoms with Crippen molar-refractivity contribution >= 4 is 11.9 Å². The number of nitrogens with zero attached hydrogens (tertiary/aromatic N) is 1. The van der Waals surface area contributed by atoms with Crippen molar-refractivity contribution in [3.05, 3.63) is 42.0 Å². The molecule has 3 aliphatic rings. The van der Waals surface area contributed by atoms with Crippen LogP contribution in [0.3, 0.4) is 0 Å². The molecule has 3 aliphatic heterocycles. The molecule has 1 aromatic carbocycles. The van der Waals surface area contributed by atoms with Gasteiger partial charge in [0.1, 0.15) is 17.3 Å². The zero-order chi connectivity index (χ0) is 18.5. The van der Waals surface area contributed by atoms with E-state index in [1.165, 1.54) is 0 Å². The van der Waals surface area contributed by atoms with Gasteiger partial charge in [0.2, 0.25) is 5.91 Å². The highest BCUT2D eigenvalue weighted by Gasteiger charge is 2.67. The lowest BCUT2D eigenvalue weighted by Gasteiger charge is -2.27. The number of hydrogen-bond acceptors (Lipinski definition) is 5. The molecule has 0 unspecified atom stereocenters. The first-order valence-corrected chi connectivity index (χ1v) is 8.99. The molecule has 4 rings (SSSR count). The smallest absolute Gasteiger partial charge is 0.312 e. The van der Waals surface area contributed by atoms with Crippen LogP contribution in [0.5, 0.6) is 5.75 Å². The van der Waals surface area contributed by atoms with E-state index in [1.807, 2.05) is 48.2 Å². The Morgan fingerprint density at radius 1 is 1.38 bits per heavy atom. The van der Waals surface area contributed by atoms with Crippen LogP contribution in [0.2, 0.25) is 0 Å². The minimum absolute atomic E-state index is 0.0433. The topological polar surface area (TPSA) is 65.1 Å². The summed E-state index contributed by atoms with van der Waals surface area (Å²) >= 11 is 0. The minimum atomic E-state index is -0.708. The van der Waals surface area contributed by atoms with Crippen molar-refractivity contribution in [2.75, 3.05) is 20.3 Å². The van der Waals surface area contributed by atoms with Crippen LogP contribution in [0, 0.1) is 11.8 Å². The second kappa shape index (κ2) is 6.13. The zero-order valence-electron chi connectivity index (χ0n) is 15.2. The molecule has 0 radical (unpaired) electrons. The van der Waals surface area contributed by atoms with Crippen LogP contribution >= 0.6 is 0 Å². The van der Waals surface area contributed by atoms with Crippen molar-refractivity contribution in [3.63, 3.8) is 0 Å². The number of likely N-dealkylation sites (tertiary alicyclic amines) is 1. The average Bonchev–Trinajstić information content (AvgIpc) is 3.29. The van der Waals surface area contributed by atoms with Crippen LogP contribution in [0.15, 0.2) is 36.4 Å². The Balaban J connectivity index is 1.60. The summed E-state index contributed by atoms with van der Waals surface area (Å²) in [5.41, 5.74) is 0.307. The Kier molecular flexibility index (Phi) is 4.03. The molecule has 138 valence electrons. The largest absolute Gasteiger partial charge is 0.497 e. The predicted molar refractivity (Wildman–Crippen MR) is 93.5 cm³/mol. The van der Waals surface area contributed by atoms with Crippen molar-refractivity contribution in [2.24, 2.45) is 11.8 Å². The number of fused-ring (bicyclic) bond motifs is 1. The minimum Gasteiger partial charge on any atom is -0.497 e. The number of esters is 1. The molecule has 3 heterocycles. The van der Waals surface area contributed by atoms with E-state index in [0.717, 1.165) is 11.3 Å². The summed E-state index contributed by atoms with van der Waals surface area (Å²) < 4.78 is 16.5. The lowest BCUT2D eigenvalue weighted by atomic mass is 9.77. The number of carbonyl (C=O) groups is 2. The zero-order valence-corrected chi connectivity index (χ0v) is 15.2. The highest BCUT2D eigenvalue weighted by molar-refractivity contribution is 5.91. The number of hydrogen-bond donors (Lipinski definition) is 0. The van der Waals surface area contributed by atoms with Gasteiger partial charge in [-0.2, -0.15) is 0 Å². The Morgan fingerprint density at radius 2 is 2.12 bits per heavy atom. The van der Waals surface area contributed by atoms with Gasteiger partial charge in [0.15, 0.2) is 0 Å². The van der Waals surface area contributed by atoms with Crippen LogP contribution in [0.1, 0.15) is 25.5 Å². The van der Waals surface area contributed by atoms with E-state index < -0.39 is 17.4 Å². The number of carbonyl (C=O) groups excluding carboxylic acids is 2. The van der Waals surface area contributed by atoms with Gasteiger partial charge < -0.3 is 19.1 Å². The number of ether oxygens (including phenoxy) is 3. The number of amides is 1. The van der Waals surface area contributed by atoms with Gasteiger partial charge in [-0.05, 0) is 31.5 Å². The third kappa shape index (κ3) is 2.35. The molecule has 6 nitrogen and oxygen atoms in total. The maximum Gasteiger partial charge on any atom is 0.312 e. The van der Waals surface area contributed by atoms with E-state index in [1.54, 1.807) is 14.0 Å². The third-order valence-corrected chi connectivity index (χ3v) is 5.75. The van der Waals surface area contributed by atoms with Gasteiger partial charge in [-0.1, -0.05) is 24.3 Å². The highest BCUT2D eigenvalue weighted by atomic mass is 16.6. The molecule has 0 N–H and O–H groups in total. The lowest BCUT2D eigenvalue weighted by Crippen LogP contribution is -2.40. The number of rotatable bonds is 5. The molecular weight excluding hydrogens is 334 g/mol. The normalized spacial score (nSPS) is 32.7. The molecule has 26 heavy (non-hydrogen) atoms. The summed E-state index contributed by atoms with van der Waals surface area (Å²) in [4.78, 5) is 27.4. The first-order valence-electron chi connectivity index (χ1n) is 8.99. The SMILES string of the molecule is CCOC(=O)[C@@H]1[C@H]2C=C[C@@]3(CN([C@H](C)c4ccc(OC)cc4)C(=O)[C@@H]13)O2. The van der Waals surface area contributed by atoms with E-state index >= 15 is 0 Å². The van der Waals surface area contributed by atoms with Gasteiger partial charge in [0, 0.05) is 0 Å². The number of benzene rings is 1. The molecule has 0 aromatic heterocycles. The summed E-state index contributed by atoms with van der Waals surface area (Å²) in [6, 6.07) is 7.57. The van der Waals surface area contributed by atoms with Crippen molar-refractivity contribution in [3.8, 4) is 5.75 Å². The van der Waals surface area contributed by atoms with E-state index in [9.17, 15) is 9.59 Å². The summed E-state index contributed by atoms with van der Waals surface area (Å²) in [5, 5.41) is 0. The van der Waals surface area contributed by atoms with E-state index in [2.05, 4.69) is 0 Å². The highest BCUT2D eigenvalue weighted by Crippen LogP contribution is 2.53. The van der Waals surface area contributed by atoms with Crippen molar-refractivity contribution < 1.29 is 23.8 Å². The fourth-order valence-corrected chi connectivity index (χ4v) is 4.43. The van der Waals surface area contributed by atoms with Crippen molar-refractivity contribution in [2.45, 2.75) is 31.6 Å². The van der Waals surface area contributed by atoms with E-state index in [-0.39, 0.29) is 24.0 Å². The van der Waals surface area contributed by atoms with Crippen molar-refractivity contribution in [1.29, 1.82) is 0 Å². The Bertz CT molecular complexity index is 758. The van der Waals surface area contributed by atoms with Gasteiger partial charge in [-0.15, -0.1) is 0 Å². The first-order chi connectivity index (χ1) is 12.5. The van der Waals surface area contributed by atoms with Crippen LogP contribution in [-0.4, -0.2) is 48.7 Å². The molecule has 2 saturated heterocycles. The summed E-state index contributed by atoms with van der Waals surface area (Å²) in [6.45, 7) is 4.51. The van der Waals surface area contributed by atoms with Crippen LogP contribution < -0.4 is 4.74 Å². The van der Waals surface area contributed by atoms with E-state index in [0.29, 0.717) is 13.2 Å². The monoisotopic (exact) mass is 357 g/mol. The van der Waals surface area contributed by atoms with Gasteiger partial charge in [0.05, 0.1) is 38.3 Å². The van der Waals surface area contributed by atoms with Gasteiger partial charge in [0.25, 0.3) is 0 Å². The molecule has 5 atom stereocenters. The molecule has 2 bridgehead atoms. The Morgan fingerprint density at radius 3 is 2.77 bits per heavy atom. The Labute approximate surface area is 152 Å². The second-order valence-electron chi connectivity index (χ2n) is 7.07. The molecule has 2 fully saturated rings. The lowest BCUT2D eigenvalue weighted by molar-refractivity contribution is -0.153. The fraction of sp³-hybridized carbons (Fsp3) is 0.500. The molecule has 1 spiro atoms. The maximum atomic E-state index is 13.2. The van der Waals surface area contributed by atoms with Crippen LogP contribution in [0.4, 0.5) is 0 Å². The molecule has 6 heteroatoms. The summed E-state index contributed by atoms with van der Waals surface area (Å²) in [7, 11) is 1.62. The van der Waals surface area contributed by atoms with Crippen LogP contribution in [-0.2, 0) is 19.1 Å². The molecule has 1 aromatic rings. The molecule has 0 saturated carbocycles. The quantitative estimate of drug-likeness (QED) is 0.596. The number of methoxy groups -OCH3 is 1. The predicted octanol–water partition coefficient (Wildman–Crippen LogP) is 2.10. The molecule has 1 amide bonds. The fourth-order valence-electron chi connectivity index (χ4n) is 4.43. The van der Waals surface area contributed by atoms with Gasteiger partial charge in [-0.3, -0.25) is 9.59 Å². The maximum absolute atomic E-state index is 13.2. The van der Waals surface area contributed by atoms with Crippen LogP contribution in [0.25, 0.3) is 0 Å². The van der Waals surface area contributed by atoms with Gasteiger partial charge in [-0.25, -0.2) is 0 Å². The first kappa shape index (κ1) is 17.1. The average molecular weight is 357 g/mol. The van der Waals surface area contributed by atoms with Crippen molar-refractivity contribution in [1.82, 2.24) is 4.90 Å². The van der Waals surface area contributed by atoms with E-state index in [4.69, 9.17) is 14.2 Å². The molecule has 0 aliphatic carbocycles. The third-order valence-electron chi connectivity index (χ3n) is 5.75. The Hall–Kier alpha value is -2.34. The van der Waals surface area contributed by atoms with Gasteiger partial charge >= 0.3 is 5.97 Å². The summed E-state index contributed by atoms with van der Waals surface area (Å²) in [5.74, 6) is -0.673. The standard InChI is InChI=1S/C20H23NO5/c1-4-25-19(23)16-15-9-10-20(26-15)11-21(18(22)17(16)20)12(2)13-5-7-14(24-3)8-6-13/h5-10,12,15-17H,4,11H2,1-3H3/t12-,15-,16-,17-,20+/m1/s1. The molecular formula is C20H23NO5. The summed E-state index contributed by atoms with van der Waals surface area (Å²) in [6.07, 6.45) is 3.49.